The van der Waals surface area contributed by atoms with Crippen molar-refractivity contribution in [3.8, 4) is 11.5 Å². The molecule has 0 amide bonds. The molecule has 3 aromatic rings. The molecule has 0 aliphatic rings. The summed E-state index contributed by atoms with van der Waals surface area (Å²) in [5.74, 6) is 2.09. The van der Waals surface area contributed by atoms with E-state index < -0.39 is 0 Å². The fraction of sp³-hybridized carbons (Fsp3) is 0.136. The number of nitrogens with zero attached hydrogens (tertiary/aromatic N) is 3. The molecule has 1 N–H and O–H groups in total. The number of methoxy groups -OCH3 is 1. The number of amidine groups is 1. The molecular formula is C22H22N4O2. The molecule has 0 saturated carbocycles. The summed E-state index contributed by atoms with van der Waals surface area (Å²) in [7, 11) is 1.63. The van der Waals surface area contributed by atoms with Gasteiger partial charge in [-0.3, -0.25) is 10.4 Å². The number of hydrogen-bond acceptors (Lipinski definition) is 5. The van der Waals surface area contributed by atoms with Crippen LogP contribution in [0.1, 0.15) is 18.2 Å². The van der Waals surface area contributed by atoms with Gasteiger partial charge in [0, 0.05) is 11.8 Å². The highest BCUT2D eigenvalue weighted by Gasteiger charge is 2.05. The first-order valence-electron chi connectivity index (χ1n) is 8.95. The molecule has 0 atom stereocenters. The van der Waals surface area contributed by atoms with E-state index in [1.807, 2.05) is 73.7 Å². The summed E-state index contributed by atoms with van der Waals surface area (Å²) < 4.78 is 10.8. The Hall–Kier alpha value is -3.67. The molecule has 0 spiro atoms. The van der Waals surface area contributed by atoms with Crippen LogP contribution in [0.4, 0.5) is 5.69 Å². The fourth-order valence-electron chi connectivity index (χ4n) is 2.49. The van der Waals surface area contributed by atoms with E-state index in [-0.39, 0.29) is 0 Å². The number of nitrogens with one attached hydrogen (secondary N) is 1. The number of para-hydroxylation sites is 1. The van der Waals surface area contributed by atoms with Crippen LogP contribution in [0, 0.1) is 0 Å². The second-order valence-electron chi connectivity index (χ2n) is 5.71. The number of pyridine rings is 1. The lowest BCUT2D eigenvalue weighted by molar-refractivity contribution is 0.340. The molecule has 6 heteroatoms. The first kappa shape index (κ1) is 19.1. The molecule has 0 bridgehead atoms. The standard InChI is InChI=1S/C22H22N4O2/c1-3-28-19-13-11-18(12-14-19)25-22(20-9-6-7-15-23-20)26-24-16-17-8-4-5-10-21(17)27-2/h4-16H,3H2,1-2H3,(H,25,26). The average Bonchev–Trinajstić information content (AvgIpc) is 2.75. The molecule has 0 fully saturated rings. The highest BCUT2D eigenvalue weighted by atomic mass is 16.5. The summed E-state index contributed by atoms with van der Waals surface area (Å²) >= 11 is 0. The van der Waals surface area contributed by atoms with Gasteiger partial charge in [0.15, 0.2) is 5.84 Å². The lowest BCUT2D eigenvalue weighted by Crippen LogP contribution is -2.20. The maximum Gasteiger partial charge on any atom is 0.172 e. The molecule has 0 aliphatic carbocycles. The maximum atomic E-state index is 5.47. The summed E-state index contributed by atoms with van der Waals surface area (Å²) in [6, 6.07) is 20.8. The first-order valence-corrected chi connectivity index (χ1v) is 8.95. The van der Waals surface area contributed by atoms with Gasteiger partial charge in [-0.05, 0) is 55.5 Å². The quantitative estimate of drug-likeness (QED) is 0.382. The van der Waals surface area contributed by atoms with Crippen LogP contribution in [0.25, 0.3) is 0 Å². The number of rotatable bonds is 7. The number of benzene rings is 2. The Morgan fingerprint density at radius 2 is 1.82 bits per heavy atom. The van der Waals surface area contributed by atoms with E-state index in [4.69, 9.17) is 9.47 Å². The Morgan fingerprint density at radius 1 is 1.04 bits per heavy atom. The highest BCUT2D eigenvalue weighted by Crippen LogP contribution is 2.19. The van der Waals surface area contributed by atoms with Gasteiger partial charge in [-0.1, -0.05) is 18.2 Å². The third kappa shape index (κ3) is 5.17. The monoisotopic (exact) mass is 374 g/mol. The van der Waals surface area contributed by atoms with Crippen LogP contribution in [-0.2, 0) is 0 Å². The van der Waals surface area contributed by atoms with Crippen molar-refractivity contribution in [3.63, 3.8) is 0 Å². The van der Waals surface area contributed by atoms with E-state index in [9.17, 15) is 0 Å². The summed E-state index contributed by atoms with van der Waals surface area (Å²) in [6.07, 6.45) is 3.41. The van der Waals surface area contributed by atoms with Gasteiger partial charge in [0.2, 0.25) is 0 Å². The van der Waals surface area contributed by atoms with E-state index in [2.05, 4.69) is 20.5 Å². The third-order valence-corrected chi connectivity index (χ3v) is 3.81. The number of aliphatic imine (C=N–C) groups is 1. The smallest absolute Gasteiger partial charge is 0.172 e. The summed E-state index contributed by atoms with van der Waals surface area (Å²) in [4.78, 5) is 9.01. The Balaban J connectivity index is 1.84. The molecule has 142 valence electrons. The molecule has 0 saturated heterocycles. The Kier molecular flexibility index (Phi) is 6.73. The van der Waals surface area contributed by atoms with E-state index in [0.717, 1.165) is 22.7 Å². The van der Waals surface area contributed by atoms with E-state index in [0.29, 0.717) is 18.1 Å². The second-order valence-corrected chi connectivity index (χ2v) is 5.71. The van der Waals surface area contributed by atoms with Crippen molar-refractivity contribution in [2.75, 3.05) is 13.7 Å². The molecule has 1 heterocycles. The molecular weight excluding hydrogens is 352 g/mol. The fourth-order valence-corrected chi connectivity index (χ4v) is 2.49. The van der Waals surface area contributed by atoms with Gasteiger partial charge in [-0.25, -0.2) is 4.99 Å². The third-order valence-electron chi connectivity index (χ3n) is 3.81. The number of ether oxygens (including phenoxy) is 2. The normalized spacial score (nSPS) is 11.4. The first-order chi connectivity index (χ1) is 13.8. The molecule has 28 heavy (non-hydrogen) atoms. The number of hydrogen-bond donors (Lipinski definition) is 1. The van der Waals surface area contributed by atoms with Crippen LogP contribution in [-0.4, -0.2) is 30.8 Å². The minimum Gasteiger partial charge on any atom is -0.496 e. The molecule has 0 radical (unpaired) electrons. The van der Waals surface area contributed by atoms with E-state index >= 15 is 0 Å². The average molecular weight is 374 g/mol. The van der Waals surface area contributed by atoms with E-state index in [1.54, 1.807) is 19.5 Å². The van der Waals surface area contributed by atoms with Crippen LogP contribution in [0.3, 0.4) is 0 Å². The van der Waals surface area contributed by atoms with Crippen molar-refractivity contribution in [2.45, 2.75) is 6.92 Å². The molecule has 6 nitrogen and oxygen atoms in total. The van der Waals surface area contributed by atoms with Gasteiger partial charge in [0.1, 0.15) is 17.2 Å². The van der Waals surface area contributed by atoms with Crippen molar-refractivity contribution >= 4 is 17.7 Å². The Bertz CT molecular complexity index is 938. The van der Waals surface area contributed by atoms with E-state index in [1.165, 1.54) is 0 Å². The summed E-state index contributed by atoms with van der Waals surface area (Å²) in [5, 5.41) is 4.32. The maximum absolute atomic E-state index is 5.47. The van der Waals surface area contributed by atoms with Crippen molar-refractivity contribution in [2.24, 2.45) is 10.1 Å². The molecule has 0 unspecified atom stereocenters. The van der Waals surface area contributed by atoms with Crippen LogP contribution in [0.15, 0.2) is 83.0 Å². The Morgan fingerprint density at radius 3 is 2.54 bits per heavy atom. The number of hydrazone groups is 1. The van der Waals surface area contributed by atoms with Crippen molar-refractivity contribution in [1.82, 2.24) is 10.4 Å². The highest BCUT2D eigenvalue weighted by molar-refractivity contribution is 5.99. The van der Waals surface area contributed by atoms with Crippen LogP contribution < -0.4 is 14.9 Å². The van der Waals surface area contributed by atoms with Gasteiger partial charge in [-0.2, -0.15) is 5.10 Å². The van der Waals surface area contributed by atoms with Crippen LogP contribution in [0.5, 0.6) is 11.5 Å². The van der Waals surface area contributed by atoms with Crippen molar-refractivity contribution in [1.29, 1.82) is 0 Å². The zero-order chi connectivity index (χ0) is 19.6. The lowest BCUT2D eigenvalue weighted by atomic mass is 10.2. The van der Waals surface area contributed by atoms with Crippen LogP contribution >= 0.6 is 0 Å². The summed E-state index contributed by atoms with van der Waals surface area (Å²) in [5.41, 5.74) is 5.31. The Labute approximate surface area is 164 Å². The summed E-state index contributed by atoms with van der Waals surface area (Å²) in [6.45, 7) is 2.58. The van der Waals surface area contributed by atoms with Gasteiger partial charge >= 0.3 is 0 Å². The molecule has 1 aromatic heterocycles. The molecule has 3 rings (SSSR count). The topological polar surface area (TPSA) is 68.1 Å². The molecule has 0 aliphatic heterocycles. The van der Waals surface area contributed by atoms with Gasteiger partial charge < -0.3 is 9.47 Å². The predicted molar refractivity (Wildman–Crippen MR) is 112 cm³/mol. The van der Waals surface area contributed by atoms with Crippen LogP contribution in [0.2, 0.25) is 0 Å². The number of aromatic nitrogens is 1. The van der Waals surface area contributed by atoms with Gasteiger partial charge in [-0.15, -0.1) is 0 Å². The zero-order valence-corrected chi connectivity index (χ0v) is 15.9. The zero-order valence-electron chi connectivity index (χ0n) is 15.9. The largest absolute Gasteiger partial charge is 0.496 e. The SMILES string of the molecule is CCOc1ccc(N=C(NN=Cc2ccccc2OC)c2ccccn2)cc1. The minimum absolute atomic E-state index is 0.538. The molecule has 2 aromatic carbocycles. The second kappa shape index (κ2) is 9.87. The minimum atomic E-state index is 0.538. The van der Waals surface area contributed by atoms with Gasteiger partial charge in [0.05, 0.1) is 25.6 Å². The predicted octanol–water partition coefficient (Wildman–Crippen LogP) is 4.19. The van der Waals surface area contributed by atoms with Crippen molar-refractivity contribution in [3.05, 3.63) is 84.2 Å². The van der Waals surface area contributed by atoms with Gasteiger partial charge in [0.25, 0.3) is 0 Å². The van der Waals surface area contributed by atoms with Crippen molar-refractivity contribution < 1.29 is 9.47 Å². The lowest BCUT2D eigenvalue weighted by Gasteiger charge is -2.07.